The van der Waals surface area contributed by atoms with Crippen LogP contribution in [0.1, 0.15) is 64.8 Å². The molecule has 112 valence electrons. The average Bonchev–Trinajstić information content (AvgIpc) is 3.10. The van der Waals surface area contributed by atoms with Crippen LogP contribution in [-0.2, 0) is 4.79 Å². The third kappa shape index (κ3) is 3.62. The SMILES string of the molecule is CCCC(CCC(CC)N1CCCC1=O)n1ccnc1. The van der Waals surface area contributed by atoms with E-state index in [1.807, 2.05) is 12.5 Å². The minimum absolute atomic E-state index is 0.353. The van der Waals surface area contributed by atoms with Crippen LogP contribution in [0.25, 0.3) is 0 Å². The summed E-state index contributed by atoms with van der Waals surface area (Å²) in [5.74, 6) is 0.353. The van der Waals surface area contributed by atoms with E-state index in [1.165, 1.54) is 12.8 Å². The van der Waals surface area contributed by atoms with Crippen molar-refractivity contribution in [3.05, 3.63) is 18.7 Å². The summed E-state index contributed by atoms with van der Waals surface area (Å²) in [5.41, 5.74) is 0. The van der Waals surface area contributed by atoms with E-state index in [4.69, 9.17) is 0 Å². The topological polar surface area (TPSA) is 38.1 Å². The van der Waals surface area contributed by atoms with Crippen molar-refractivity contribution in [3.8, 4) is 0 Å². The molecule has 2 unspecified atom stereocenters. The first-order chi connectivity index (χ1) is 9.76. The Morgan fingerprint density at radius 1 is 1.25 bits per heavy atom. The molecule has 2 atom stereocenters. The highest BCUT2D eigenvalue weighted by molar-refractivity contribution is 5.78. The molecule has 0 radical (unpaired) electrons. The van der Waals surface area contributed by atoms with Crippen molar-refractivity contribution >= 4 is 5.91 Å². The Hall–Kier alpha value is -1.32. The molecule has 20 heavy (non-hydrogen) atoms. The van der Waals surface area contributed by atoms with Crippen LogP contribution >= 0.6 is 0 Å². The van der Waals surface area contributed by atoms with Gasteiger partial charge < -0.3 is 9.47 Å². The molecule has 0 aromatic carbocycles. The van der Waals surface area contributed by atoms with Crippen LogP contribution in [-0.4, -0.2) is 32.9 Å². The summed E-state index contributed by atoms with van der Waals surface area (Å²) in [6.45, 7) is 5.38. The predicted octanol–water partition coefficient (Wildman–Crippen LogP) is 3.41. The summed E-state index contributed by atoms with van der Waals surface area (Å²) in [6.07, 6.45) is 13.3. The Kier molecular flexibility index (Phi) is 5.62. The first kappa shape index (κ1) is 15.1. The van der Waals surface area contributed by atoms with E-state index in [0.29, 0.717) is 18.0 Å². The third-order valence-electron chi connectivity index (χ3n) is 4.42. The second-order valence-corrected chi connectivity index (χ2v) is 5.78. The van der Waals surface area contributed by atoms with Gasteiger partial charge in [-0.3, -0.25) is 4.79 Å². The number of carbonyl (C=O) groups is 1. The molecule has 0 bridgehead atoms. The van der Waals surface area contributed by atoms with E-state index in [2.05, 4.69) is 34.5 Å². The van der Waals surface area contributed by atoms with E-state index in [1.54, 1.807) is 0 Å². The van der Waals surface area contributed by atoms with E-state index in [-0.39, 0.29) is 0 Å². The Labute approximate surface area is 122 Å². The zero-order valence-electron chi connectivity index (χ0n) is 12.8. The molecule has 0 saturated carbocycles. The summed E-state index contributed by atoms with van der Waals surface area (Å²) in [5, 5.41) is 0. The number of hydrogen-bond acceptors (Lipinski definition) is 2. The smallest absolute Gasteiger partial charge is 0.222 e. The molecule has 1 aromatic heterocycles. The number of rotatable bonds is 8. The molecule has 1 fully saturated rings. The van der Waals surface area contributed by atoms with Crippen molar-refractivity contribution in [3.63, 3.8) is 0 Å². The maximum Gasteiger partial charge on any atom is 0.222 e. The summed E-state index contributed by atoms with van der Waals surface area (Å²) >= 11 is 0. The van der Waals surface area contributed by atoms with E-state index < -0.39 is 0 Å². The number of likely N-dealkylation sites (tertiary alicyclic amines) is 1. The zero-order valence-corrected chi connectivity index (χ0v) is 12.8. The summed E-state index contributed by atoms with van der Waals surface area (Å²) in [7, 11) is 0. The van der Waals surface area contributed by atoms with Gasteiger partial charge in [0.15, 0.2) is 0 Å². The number of hydrogen-bond donors (Lipinski definition) is 0. The lowest BCUT2D eigenvalue weighted by Crippen LogP contribution is -2.36. The normalized spacial score (nSPS) is 18.5. The number of nitrogens with zero attached hydrogens (tertiary/aromatic N) is 3. The Balaban J connectivity index is 1.91. The van der Waals surface area contributed by atoms with Gasteiger partial charge in [-0.1, -0.05) is 20.3 Å². The van der Waals surface area contributed by atoms with Gasteiger partial charge in [0, 0.05) is 37.4 Å². The van der Waals surface area contributed by atoms with Crippen molar-refractivity contribution in [1.29, 1.82) is 0 Å². The van der Waals surface area contributed by atoms with Crippen molar-refractivity contribution in [2.45, 2.75) is 70.9 Å². The monoisotopic (exact) mass is 277 g/mol. The Morgan fingerprint density at radius 3 is 2.60 bits per heavy atom. The molecule has 1 aliphatic heterocycles. The second-order valence-electron chi connectivity index (χ2n) is 5.78. The van der Waals surface area contributed by atoms with Gasteiger partial charge in [-0.2, -0.15) is 0 Å². The lowest BCUT2D eigenvalue weighted by Gasteiger charge is -2.28. The molecule has 0 aliphatic carbocycles. The highest BCUT2D eigenvalue weighted by Crippen LogP contribution is 2.25. The average molecular weight is 277 g/mol. The van der Waals surface area contributed by atoms with Gasteiger partial charge in [0.1, 0.15) is 0 Å². The fourth-order valence-electron chi connectivity index (χ4n) is 3.28. The van der Waals surface area contributed by atoms with Crippen LogP contribution in [0.2, 0.25) is 0 Å². The maximum atomic E-state index is 11.9. The highest BCUT2D eigenvalue weighted by Gasteiger charge is 2.27. The molecule has 0 N–H and O–H groups in total. The third-order valence-corrected chi connectivity index (χ3v) is 4.42. The van der Waals surface area contributed by atoms with Crippen molar-refractivity contribution < 1.29 is 4.79 Å². The van der Waals surface area contributed by atoms with Gasteiger partial charge in [0.25, 0.3) is 0 Å². The van der Waals surface area contributed by atoms with E-state index >= 15 is 0 Å². The lowest BCUT2D eigenvalue weighted by molar-refractivity contribution is -0.129. The van der Waals surface area contributed by atoms with Gasteiger partial charge in [-0.25, -0.2) is 4.98 Å². The maximum absolute atomic E-state index is 11.9. The van der Waals surface area contributed by atoms with Gasteiger partial charge >= 0.3 is 0 Å². The minimum atomic E-state index is 0.353. The second kappa shape index (κ2) is 7.46. The van der Waals surface area contributed by atoms with Gasteiger partial charge in [-0.15, -0.1) is 0 Å². The van der Waals surface area contributed by atoms with Gasteiger partial charge in [-0.05, 0) is 32.1 Å². The van der Waals surface area contributed by atoms with Gasteiger partial charge in [0.05, 0.1) is 6.33 Å². The van der Waals surface area contributed by atoms with Crippen molar-refractivity contribution in [1.82, 2.24) is 14.5 Å². The van der Waals surface area contributed by atoms with Crippen molar-refractivity contribution in [2.75, 3.05) is 6.54 Å². The van der Waals surface area contributed by atoms with Gasteiger partial charge in [0.2, 0.25) is 5.91 Å². The molecular formula is C16H27N3O. The highest BCUT2D eigenvalue weighted by atomic mass is 16.2. The first-order valence-electron chi connectivity index (χ1n) is 8.03. The molecule has 1 amide bonds. The molecule has 0 spiro atoms. The number of imidazole rings is 1. The van der Waals surface area contributed by atoms with E-state index in [0.717, 1.165) is 38.6 Å². The lowest BCUT2D eigenvalue weighted by atomic mass is 10.00. The molecule has 1 aromatic rings. The van der Waals surface area contributed by atoms with E-state index in [9.17, 15) is 4.79 Å². The zero-order chi connectivity index (χ0) is 14.4. The standard InChI is InChI=1S/C16H27N3O/c1-3-6-15(18-12-10-17-13-18)9-8-14(4-2)19-11-5-7-16(19)20/h10,12-15H,3-9,11H2,1-2H3. The van der Waals surface area contributed by atoms with Crippen molar-refractivity contribution in [2.24, 2.45) is 0 Å². The Morgan fingerprint density at radius 2 is 2.05 bits per heavy atom. The summed E-state index contributed by atoms with van der Waals surface area (Å²) < 4.78 is 2.22. The summed E-state index contributed by atoms with van der Waals surface area (Å²) in [4.78, 5) is 18.2. The van der Waals surface area contributed by atoms with Crippen LogP contribution in [0.15, 0.2) is 18.7 Å². The largest absolute Gasteiger partial charge is 0.340 e. The van der Waals surface area contributed by atoms with Crippen LogP contribution in [0.3, 0.4) is 0 Å². The van der Waals surface area contributed by atoms with Crippen LogP contribution in [0.5, 0.6) is 0 Å². The molecule has 4 nitrogen and oxygen atoms in total. The molecule has 1 saturated heterocycles. The number of carbonyl (C=O) groups excluding carboxylic acids is 1. The number of amides is 1. The Bertz CT molecular complexity index is 402. The molecular weight excluding hydrogens is 250 g/mol. The molecule has 2 heterocycles. The number of aromatic nitrogens is 2. The quantitative estimate of drug-likeness (QED) is 0.730. The summed E-state index contributed by atoms with van der Waals surface area (Å²) in [6, 6.07) is 0.946. The first-order valence-corrected chi connectivity index (χ1v) is 8.03. The molecule has 2 rings (SSSR count). The predicted molar refractivity (Wildman–Crippen MR) is 80.4 cm³/mol. The molecule has 4 heteroatoms. The molecule has 1 aliphatic rings. The van der Waals surface area contributed by atoms with Crippen LogP contribution < -0.4 is 0 Å². The fourth-order valence-corrected chi connectivity index (χ4v) is 3.28. The van der Waals surface area contributed by atoms with Crippen LogP contribution in [0.4, 0.5) is 0 Å². The minimum Gasteiger partial charge on any atom is -0.340 e. The van der Waals surface area contributed by atoms with Crippen LogP contribution in [0, 0.1) is 0 Å². The fraction of sp³-hybridized carbons (Fsp3) is 0.750.